The van der Waals surface area contributed by atoms with Crippen LogP contribution in [0, 0.1) is 46.3 Å². The lowest BCUT2D eigenvalue weighted by molar-refractivity contribution is -0.233. The van der Waals surface area contributed by atoms with Crippen molar-refractivity contribution < 1.29 is 29.2 Å². The number of aliphatic hydroxyl groups excluding tert-OH is 2. The molecule has 218 valence electrons. The molecule has 0 unspecified atom stereocenters. The third-order valence-electron chi connectivity index (χ3n) is 12.0. The second-order valence-electron chi connectivity index (χ2n) is 13.7. The Labute approximate surface area is 234 Å². The molecule has 6 heteroatoms. The van der Waals surface area contributed by atoms with E-state index in [0.29, 0.717) is 49.0 Å². The average Bonchev–Trinajstić information content (AvgIpc) is 3.30. The molecule has 0 aromatic heterocycles. The van der Waals surface area contributed by atoms with Crippen LogP contribution in [0.15, 0.2) is 30.3 Å². The van der Waals surface area contributed by atoms with Crippen molar-refractivity contribution in [1.29, 1.82) is 0 Å². The highest BCUT2D eigenvalue weighted by molar-refractivity contribution is 5.69. The van der Waals surface area contributed by atoms with Crippen molar-refractivity contribution >= 4 is 5.97 Å². The van der Waals surface area contributed by atoms with Crippen LogP contribution in [-0.4, -0.2) is 48.4 Å². The van der Waals surface area contributed by atoms with Crippen molar-refractivity contribution in [3.05, 3.63) is 35.9 Å². The lowest BCUT2D eigenvalue weighted by Gasteiger charge is -2.63. The predicted octanol–water partition coefficient (Wildman–Crippen LogP) is 5.74. The van der Waals surface area contributed by atoms with Crippen LogP contribution < -0.4 is 0 Å². The van der Waals surface area contributed by atoms with Gasteiger partial charge in [0.25, 0.3) is 0 Å². The summed E-state index contributed by atoms with van der Waals surface area (Å²) in [7, 11) is 1.48. The molecule has 39 heavy (non-hydrogen) atoms. The molecule has 0 bridgehead atoms. The highest BCUT2D eigenvalue weighted by Crippen LogP contribution is 2.68. The van der Waals surface area contributed by atoms with Crippen molar-refractivity contribution in [2.24, 2.45) is 46.3 Å². The fourth-order valence-corrected chi connectivity index (χ4v) is 9.90. The predicted molar refractivity (Wildman–Crippen MR) is 149 cm³/mol. The van der Waals surface area contributed by atoms with Crippen molar-refractivity contribution in [3.63, 3.8) is 0 Å². The average molecular weight is 543 g/mol. The minimum atomic E-state index is -0.691. The number of aliphatic hydroxyl groups is 2. The molecule has 4 aliphatic carbocycles. The highest BCUT2D eigenvalue weighted by atomic mass is 16.7. The SMILES string of the molecule is COC(=O)CC[C@@H](C)[C@H]1CC[C@H]2[C@@H]3[C@H](OCOCc4ccccc4)C[C@H]4[C@@H](O)[C@@H](O)CC[C@]4(C)[C@H]3CC[C@]12C. The fraction of sp³-hybridized carbons (Fsp3) is 0.788. The first kappa shape index (κ1) is 29.0. The molecule has 0 spiro atoms. The topological polar surface area (TPSA) is 85.2 Å². The summed E-state index contributed by atoms with van der Waals surface area (Å²) in [5.41, 5.74) is 1.37. The quantitative estimate of drug-likeness (QED) is 0.235. The molecule has 0 saturated heterocycles. The van der Waals surface area contributed by atoms with E-state index in [-0.39, 0.29) is 35.6 Å². The Morgan fingerprint density at radius 2 is 1.72 bits per heavy atom. The maximum absolute atomic E-state index is 11.9. The van der Waals surface area contributed by atoms with E-state index in [1.807, 2.05) is 18.2 Å². The van der Waals surface area contributed by atoms with Crippen LogP contribution in [0.5, 0.6) is 0 Å². The van der Waals surface area contributed by atoms with Gasteiger partial charge in [0.05, 0.1) is 32.0 Å². The van der Waals surface area contributed by atoms with E-state index in [0.717, 1.165) is 31.2 Å². The number of esters is 1. The highest BCUT2D eigenvalue weighted by Gasteiger charge is 2.64. The first-order valence-corrected chi connectivity index (χ1v) is 15.3. The molecule has 11 atom stereocenters. The van der Waals surface area contributed by atoms with E-state index in [1.165, 1.54) is 26.4 Å². The van der Waals surface area contributed by atoms with Gasteiger partial charge in [-0.2, -0.15) is 0 Å². The molecule has 4 saturated carbocycles. The third kappa shape index (κ3) is 5.43. The number of methoxy groups -OCH3 is 1. The Hall–Kier alpha value is -1.47. The van der Waals surface area contributed by atoms with E-state index in [4.69, 9.17) is 14.2 Å². The van der Waals surface area contributed by atoms with E-state index in [1.54, 1.807) is 0 Å². The van der Waals surface area contributed by atoms with Gasteiger partial charge in [0.1, 0.15) is 6.79 Å². The van der Waals surface area contributed by atoms with E-state index < -0.39 is 12.2 Å². The van der Waals surface area contributed by atoms with E-state index in [9.17, 15) is 15.0 Å². The van der Waals surface area contributed by atoms with Crippen LogP contribution in [0.2, 0.25) is 0 Å². The Morgan fingerprint density at radius 3 is 2.46 bits per heavy atom. The first-order valence-electron chi connectivity index (χ1n) is 15.3. The minimum absolute atomic E-state index is 0.0116. The third-order valence-corrected chi connectivity index (χ3v) is 12.0. The molecular weight excluding hydrogens is 492 g/mol. The Kier molecular flexibility index (Phi) is 8.78. The van der Waals surface area contributed by atoms with Crippen molar-refractivity contribution in [3.8, 4) is 0 Å². The second kappa shape index (κ2) is 11.8. The van der Waals surface area contributed by atoms with Gasteiger partial charge >= 0.3 is 5.97 Å². The minimum Gasteiger partial charge on any atom is -0.469 e. The second-order valence-corrected chi connectivity index (χ2v) is 13.7. The van der Waals surface area contributed by atoms with Crippen molar-refractivity contribution in [1.82, 2.24) is 0 Å². The molecule has 2 N–H and O–H groups in total. The standard InChI is InChI=1S/C33H50O6/c1-21(10-13-29(35)37-4)23-11-12-24-30-25(14-16-32(23,24)2)33(3)17-15-27(34)31(36)26(33)18-28(30)39-20-38-19-22-8-6-5-7-9-22/h5-9,21,23-28,30-31,34,36H,10-20H2,1-4H3/t21-,23-,24+,25+,26+,27+,28-,30+,31-,32-,33-/m1/s1. The van der Waals surface area contributed by atoms with Crippen LogP contribution in [0.4, 0.5) is 0 Å². The van der Waals surface area contributed by atoms with Gasteiger partial charge in [-0.15, -0.1) is 0 Å². The summed E-state index contributed by atoms with van der Waals surface area (Å²) < 4.78 is 17.5. The van der Waals surface area contributed by atoms with Crippen LogP contribution in [0.3, 0.4) is 0 Å². The molecule has 0 heterocycles. The molecule has 4 fully saturated rings. The Morgan fingerprint density at radius 1 is 1.00 bits per heavy atom. The maximum atomic E-state index is 11.9. The zero-order chi connectivity index (χ0) is 27.8. The normalized spacial score (nSPS) is 42.2. The number of benzene rings is 1. The summed E-state index contributed by atoms with van der Waals surface area (Å²) in [4.78, 5) is 11.9. The molecular formula is C33H50O6. The smallest absolute Gasteiger partial charge is 0.305 e. The van der Waals surface area contributed by atoms with Crippen LogP contribution >= 0.6 is 0 Å². The lowest BCUT2D eigenvalue weighted by atomic mass is 9.43. The van der Waals surface area contributed by atoms with Gasteiger partial charge in [0.15, 0.2) is 0 Å². The van der Waals surface area contributed by atoms with E-state index >= 15 is 0 Å². The van der Waals surface area contributed by atoms with Gasteiger partial charge in [0.2, 0.25) is 0 Å². The Bertz CT molecular complexity index is 968. The number of rotatable bonds is 9. The molecule has 1 aromatic carbocycles. The summed E-state index contributed by atoms with van der Waals surface area (Å²) in [5, 5.41) is 21.8. The maximum Gasteiger partial charge on any atom is 0.305 e. The summed E-state index contributed by atoms with van der Waals surface area (Å²) in [6.45, 7) is 7.99. The van der Waals surface area contributed by atoms with Crippen molar-refractivity contribution in [2.75, 3.05) is 13.9 Å². The number of hydrogen-bond acceptors (Lipinski definition) is 6. The van der Waals surface area contributed by atoms with Gasteiger partial charge in [-0.1, -0.05) is 51.1 Å². The van der Waals surface area contributed by atoms with Crippen LogP contribution in [-0.2, 0) is 25.6 Å². The number of ether oxygens (including phenoxy) is 3. The molecule has 0 amide bonds. The number of hydrogen-bond donors (Lipinski definition) is 2. The molecule has 5 rings (SSSR count). The largest absolute Gasteiger partial charge is 0.469 e. The zero-order valence-electron chi connectivity index (χ0n) is 24.4. The van der Waals surface area contributed by atoms with Gasteiger partial charge in [-0.3, -0.25) is 4.79 Å². The summed E-state index contributed by atoms with van der Waals surface area (Å²) in [5.74, 6) is 2.45. The summed E-state index contributed by atoms with van der Waals surface area (Å²) >= 11 is 0. The number of carbonyl (C=O) groups excluding carboxylic acids is 1. The monoisotopic (exact) mass is 542 g/mol. The molecule has 0 aliphatic heterocycles. The first-order chi connectivity index (χ1) is 18.7. The molecule has 4 aliphatic rings. The summed E-state index contributed by atoms with van der Waals surface area (Å²) in [6, 6.07) is 10.2. The van der Waals surface area contributed by atoms with Crippen LogP contribution in [0.25, 0.3) is 0 Å². The number of carbonyl (C=O) groups is 1. The lowest BCUT2D eigenvalue weighted by Crippen LogP contribution is -2.62. The molecule has 0 radical (unpaired) electrons. The van der Waals surface area contributed by atoms with Crippen molar-refractivity contribution in [2.45, 2.75) is 103 Å². The van der Waals surface area contributed by atoms with Crippen LogP contribution in [0.1, 0.15) is 84.1 Å². The van der Waals surface area contributed by atoms with Gasteiger partial charge in [-0.05, 0) is 103 Å². The summed E-state index contributed by atoms with van der Waals surface area (Å²) in [6.07, 6.45) is 7.19. The van der Waals surface area contributed by atoms with Gasteiger partial charge < -0.3 is 24.4 Å². The molecule has 6 nitrogen and oxygen atoms in total. The zero-order valence-corrected chi connectivity index (χ0v) is 24.4. The molecule has 1 aromatic rings. The van der Waals surface area contributed by atoms with E-state index in [2.05, 4.69) is 32.9 Å². The fourth-order valence-electron chi connectivity index (χ4n) is 9.90. The van der Waals surface area contributed by atoms with Gasteiger partial charge in [-0.25, -0.2) is 0 Å². The number of fused-ring (bicyclic) bond motifs is 5. The Balaban J connectivity index is 1.35. The van der Waals surface area contributed by atoms with Gasteiger partial charge in [0, 0.05) is 6.42 Å².